The molecule has 1 aliphatic heterocycles. The average molecular weight is 407 g/mol. The Balaban J connectivity index is 1.72. The molecule has 0 radical (unpaired) electrons. The summed E-state index contributed by atoms with van der Waals surface area (Å²) in [6, 6.07) is 3.85. The molecule has 1 saturated heterocycles. The van der Waals surface area contributed by atoms with Crippen LogP contribution in [0.2, 0.25) is 0 Å². The van der Waals surface area contributed by atoms with E-state index in [0.29, 0.717) is 36.2 Å². The largest absolute Gasteiger partial charge is 0.511 e. The molecule has 0 spiro atoms. The van der Waals surface area contributed by atoms with Gasteiger partial charge in [-0.2, -0.15) is 17.5 Å². The lowest BCUT2D eigenvalue weighted by Crippen LogP contribution is -2.47. The van der Waals surface area contributed by atoms with E-state index in [1.165, 1.54) is 0 Å². The number of sulfonamides is 1. The van der Waals surface area contributed by atoms with Gasteiger partial charge >= 0.3 is 15.5 Å². The Hall–Kier alpha value is -1.88. The molecule has 7 nitrogen and oxygen atoms in total. The molecule has 27 heavy (non-hydrogen) atoms. The van der Waals surface area contributed by atoms with Crippen LogP contribution in [0.5, 0.6) is 0 Å². The number of pyridine rings is 1. The Labute approximate surface area is 157 Å². The van der Waals surface area contributed by atoms with Crippen LogP contribution in [0.3, 0.4) is 0 Å². The van der Waals surface area contributed by atoms with Crippen LogP contribution >= 0.6 is 0 Å². The van der Waals surface area contributed by atoms with Crippen molar-refractivity contribution in [3.8, 4) is 0 Å². The lowest BCUT2D eigenvalue weighted by atomic mass is 9.98. The maximum Gasteiger partial charge on any atom is 0.511 e. The number of hydrogen-bond acceptors (Lipinski definition) is 4. The second kappa shape index (κ2) is 9.36. The van der Waals surface area contributed by atoms with Crippen LogP contribution in [0.25, 0.3) is 0 Å². The molecule has 0 bridgehead atoms. The molecule has 0 atom stereocenters. The monoisotopic (exact) mass is 407 g/mol. The van der Waals surface area contributed by atoms with Gasteiger partial charge in [-0.05, 0) is 36.8 Å². The zero-order valence-corrected chi connectivity index (χ0v) is 15.9. The molecule has 1 aliphatic rings. The summed E-state index contributed by atoms with van der Waals surface area (Å²) in [4.78, 5) is 8.16. The first-order valence-electron chi connectivity index (χ1n) is 8.64. The third kappa shape index (κ3) is 6.06. The van der Waals surface area contributed by atoms with Crippen LogP contribution in [0.15, 0.2) is 29.5 Å². The van der Waals surface area contributed by atoms with Crippen molar-refractivity contribution in [3.63, 3.8) is 0 Å². The van der Waals surface area contributed by atoms with Gasteiger partial charge in [0.05, 0.1) is 0 Å². The highest BCUT2D eigenvalue weighted by molar-refractivity contribution is 7.90. The predicted octanol–water partition coefficient (Wildman–Crippen LogP) is 1.35. The van der Waals surface area contributed by atoms with Gasteiger partial charge in [0.2, 0.25) is 0 Å². The standard InChI is InChI=1S/C16H24F3N5O2S/c1-20-15(22-8-4-13-3-2-7-21-11-13)23-12-14-5-9-24(10-6-14)27(25,26)16(17,18)19/h2-3,7,11,14H,4-6,8-10,12H2,1H3,(H2,20,22,23). The first kappa shape index (κ1) is 21.4. The minimum atomic E-state index is -5.24. The normalized spacial score (nSPS) is 17.7. The number of rotatable bonds is 6. The number of nitrogens with zero attached hydrogens (tertiary/aromatic N) is 3. The van der Waals surface area contributed by atoms with Crippen molar-refractivity contribution in [1.82, 2.24) is 19.9 Å². The molecule has 2 rings (SSSR count). The van der Waals surface area contributed by atoms with Gasteiger partial charge in [0, 0.05) is 45.6 Å². The Morgan fingerprint density at radius 3 is 2.59 bits per heavy atom. The van der Waals surface area contributed by atoms with Gasteiger partial charge in [0.1, 0.15) is 0 Å². The number of hydrogen-bond donors (Lipinski definition) is 2. The summed E-state index contributed by atoms with van der Waals surface area (Å²) in [5.74, 6) is 0.686. The van der Waals surface area contributed by atoms with Crippen molar-refractivity contribution in [2.75, 3.05) is 33.2 Å². The number of piperidine rings is 1. The van der Waals surface area contributed by atoms with E-state index in [9.17, 15) is 21.6 Å². The van der Waals surface area contributed by atoms with Crippen molar-refractivity contribution in [3.05, 3.63) is 30.1 Å². The van der Waals surface area contributed by atoms with Crippen LogP contribution in [-0.4, -0.2) is 62.4 Å². The first-order chi connectivity index (χ1) is 12.7. The molecular formula is C16H24F3N5O2S. The van der Waals surface area contributed by atoms with Gasteiger partial charge < -0.3 is 10.6 Å². The van der Waals surface area contributed by atoms with E-state index in [4.69, 9.17) is 0 Å². The molecule has 1 fully saturated rings. The topological polar surface area (TPSA) is 86.7 Å². The number of aromatic nitrogens is 1. The van der Waals surface area contributed by atoms with Gasteiger partial charge in [-0.25, -0.2) is 8.42 Å². The molecule has 0 saturated carbocycles. The average Bonchev–Trinajstić information content (AvgIpc) is 2.65. The van der Waals surface area contributed by atoms with Gasteiger partial charge in [0.25, 0.3) is 0 Å². The van der Waals surface area contributed by atoms with Crippen LogP contribution in [-0.2, 0) is 16.4 Å². The Morgan fingerprint density at radius 2 is 2.04 bits per heavy atom. The van der Waals surface area contributed by atoms with Crippen LogP contribution in [0.1, 0.15) is 18.4 Å². The number of alkyl halides is 3. The van der Waals surface area contributed by atoms with E-state index in [1.807, 2.05) is 12.1 Å². The van der Waals surface area contributed by atoms with E-state index >= 15 is 0 Å². The van der Waals surface area contributed by atoms with Gasteiger partial charge in [-0.3, -0.25) is 9.98 Å². The minimum absolute atomic E-state index is 0.0848. The second-order valence-electron chi connectivity index (χ2n) is 6.28. The Morgan fingerprint density at radius 1 is 1.33 bits per heavy atom. The van der Waals surface area contributed by atoms with Gasteiger partial charge in [-0.1, -0.05) is 6.07 Å². The minimum Gasteiger partial charge on any atom is -0.356 e. The Bertz CT molecular complexity index is 717. The van der Waals surface area contributed by atoms with E-state index in [-0.39, 0.29) is 19.0 Å². The van der Waals surface area contributed by atoms with Crippen molar-refractivity contribution >= 4 is 16.0 Å². The zero-order chi connectivity index (χ0) is 19.9. The third-order valence-electron chi connectivity index (χ3n) is 4.42. The second-order valence-corrected chi connectivity index (χ2v) is 8.21. The van der Waals surface area contributed by atoms with Crippen LogP contribution < -0.4 is 10.6 Å². The molecule has 2 heterocycles. The van der Waals surface area contributed by atoms with Crippen molar-refractivity contribution in [1.29, 1.82) is 0 Å². The summed E-state index contributed by atoms with van der Waals surface area (Å²) in [6.45, 7) is 0.933. The summed E-state index contributed by atoms with van der Waals surface area (Å²) in [7, 11) is -3.59. The molecule has 1 aromatic heterocycles. The predicted molar refractivity (Wildman–Crippen MR) is 96.6 cm³/mol. The lowest BCUT2D eigenvalue weighted by Gasteiger charge is -2.31. The first-order valence-corrected chi connectivity index (χ1v) is 10.1. The molecule has 0 aromatic carbocycles. The summed E-state index contributed by atoms with van der Waals surface area (Å²) >= 11 is 0. The molecular weight excluding hydrogens is 383 g/mol. The highest BCUT2D eigenvalue weighted by atomic mass is 32.2. The number of aliphatic imine (C=N–C) groups is 1. The van der Waals surface area contributed by atoms with Crippen molar-refractivity contribution < 1.29 is 21.6 Å². The van der Waals surface area contributed by atoms with E-state index < -0.39 is 15.5 Å². The highest BCUT2D eigenvalue weighted by Crippen LogP contribution is 2.30. The molecule has 0 amide bonds. The summed E-state index contributed by atoms with van der Waals surface area (Å²) in [5, 5.41) is 6.31. The summed E-state index contributed by atoms with van der Waals surface area (Å²) in [6.07, 6.45) is 5.02. The zero-order valence-electron chi connectivity index (χ0n) is 15.0. The SMILES string of the molecule is CN=C(NCCc1cccnc1)NCC1CCN(S(=O)(=O)C(F)(F)F)CC1. The van der Waals surface area contributed by atoms with Gasteiger partial charge in [0.15, 0.2) is 5.96 Å². The number of guanidine groups is 1. The summed E-state index contributed by atoms with van der Waals surface area (Å²) < 4.78 is 61.1. The van der Waals surface area contributed by atoms with Crippen molar-refractivity contribution in [2.24, 2.45) is 10.9 Å². The molecule has 2 N–H and O–H groups in total. The van der Waals surface area contributed by atoms with Gasteiger partial charge in [-0.15, -0.1) is 0 Å². The molecule has 152 valence electrons. The van der Waals surface area contributed by atoms with E-state index in [2.05, 4.69) is 20.6 Å². The fourth-order valence-electron chi connectivity index (χ4n) is 2.83. The highest BCUT2D eigenvalue weighted by Gasteiger charge is 2.50. The number of nitrogens with one attached hydrogen (secondary N) is 2. The Kier molecular flexibility index (Phi) is 7.42. The molecule has 1 aromatic rings. The number of halogens is 3. The van der Waals surface area contributed by atoms with Crippen molar-refractivity contribution in [2.45, 2.75) is 24.8 Å². The fourth-order valence-corrected chi connectivity index (χ4v) is 3.82. The smallest absolute Gasteiger partial charge is 0.356 e. The maximum absolute atomic E-state index is 12.6. The fraction of sp³-hybridized carbons (Fsp3) is 0.625. The van der Waals surface area contributed by atoms with Crippen LogP contribution in [0, 0.1) is 5.92 Å². The van der Waals surface area contributed by atoms with Crippen LogP contribution in [0.4, 0.5) is 13.2 Å². The lowest BCUT2D eigenvalue weighted by molar-refractivity contribution is -0.0496. The summed E-state index contributed by atoms with van der Waals surface area (Å²) in [5.41, 5.74) is -4.14. The van der Waals surface area contributed by atoms with E-state index in [1.54, 1.807) is 19.4 Å². The maximum atomic E-state index is 12.6. The molecule has 0 unspecified atom stereocenters. The van der Waals surface area contributed by atoms with E-state index in [0.717, 1.165) is 12.0 Å². The molecule has 11 heteroatoms. The quantitative estimate of drug-likeness (QED) is 0.549. The molecule has 0 aliphatic carbocycles. The third-order valence-corrected chi connectivity index (χ3v) is 6.05.